The lowest BCUT2D eigenvalue weighted by molar-refractivity contribution is -0.146. The minimum absolute atomic E-state index is 0.135. The molecular formula is C19H27NO2. The van der Waals surface area contributed by atoms with Crippen molar-refractivity contribution in [3.8, 4) is 0 Å². The van der Waals surface area contributed by atoms with Crippen molar-refractivity contribution in [2.75, 3.05) is 7.05 Å². The van der Waals surface area contributed by atoms with E-state index in [1.54, 1.807) is 0 Å². The summed E-state index contributed by atoms with van der Waals surface area (Å²) in [5, 5.41) is 9.76. The molecule has 3 rings (SSSR count). The Labute approximate surface area is 133 Å². The first kappa shape index (κ1) is 15.5. The molecule has 0 unspecified atom stereocenters. The normalized spacial score (nSPS) is 32.2. The first-order valence-corrected chi connectivity index (χ1v) is 8.34. The van der Waals surface area contributed by atoms with Crippen molar-refractivity contribution in [1.29, 1.82) is 0 Å². The summed E-state index contributed by atoms with van der Waals surface area (Å²) in [5.41, 5.74) is 2.64. The van der Waals surface area contributed by atoms with Gasteiger partial charge in [-0.25, -0.2) is 0 Å². The highest BCUT2D eigenvalue weighted by atomic mass is 16.4. The van der Waals surface area contributed by atoms with Gasteiger partial charge in [-0.05, 0) is 42.9 Å². The van der Waals surface area contributed by atoms with E-state index in [9.17, 15) is 9.90 Å². The Bertz CT molecular complexity index is 558. The Hall–Kier alpha value is -1.35. The van der Waals surface area contributed by atoms with Gasteiger partial charge in [0.25, 0.3) is 0 Å². The summed E-state index contributed by atoms with van der Waals surface area (Å²) >= 11 is 0. The molecule has 2 aliphatic heterocycles. The van der Waals surface area contributed by atoms with Gasteiger partial charge in [-0.15, -0.1) is 0 Å². The summed E-state index contributed by atoms with van der Waals surface area (Å²) in [7, 11) is 2.09. The Morgan fingerprint density at radius 2 is 1.82 bits per heavy atom. The SMILES string of the molecule is CN1[C@H]2CC[C@@H]1[C@H](C(=O)O)[C@@H](c1ccc(C(C)(C)C)cc1)C2. The van der Waals surface area contributed by atoms with Crippen LogP contribution in [0.5, 0.6) is 0 Å². The standard InChI is InChI=1S/C19H27NO2/c1-19(2,3)13-7-5-12(6-8-13)15-11-14-9-10-16(20(14)4)17(15)18(21)22/h5-8,14-17H,9-11H2,1-4H3,(H,21,22)/t14-,15+,16+,17+/m0/s1. The fraction of sp³-hybridized carbons (Fsp3) is 0.632. The molecule has 0 aromatic heterocycles. The Balaban J connectivity index is 1.91. The first-order chi connectivity index (χ1) is 10.3. The molecule has 2 bridgehead atoms. The minimum atomic E-state index is -0.637. The van der Waals surface area contributed by atoms with Gasteiger partial charge in [0.2, 0.25) is 0 Å². The van der Waals surface area contributed by atoms with Crippen LogP contribution in [0.4, 0.5) is 0 Å². The lowest BCUT2D eigenvalue weighted by Crippen LogP contribution is -2.48. The molecule has 0 aliphatic carbocycles. The largest absolute Gasteiger partial charge is 0.481 e. The second kappa shape index (κ2) is 5.38. The van der Waals surface area contributed by atoms with E-state index in [0.717, 1.165) is 19.3 Å². The van der Waals surface area contributed by atoms with Gasteiger partial charge in [-0.3, -0.25) is 9.69 Å². The number of carboxylic acid groups (broad SMARTS) is 1. The van der Waals surface area contributed by atoms with Crippen LogP contribution in [0.3, 0.4) is 0 Å². The lowest BCUT2D eigenvalue weighted by atomic mass is 9.75. The molecule has 2 heterocycles. The predicted octanol–water partition coefficient (Wildman–Crippen LogP) is 3.64. The van der Waals surface area contributed by atoms with Crippen molar-refractivity contribution in [2.45, 2.75) is 63.5 Å². The van der Waals surface area contributed by atoms with Crippen molar-refractivity contribution >= 4 is 5.97 Å². The van der Waals surface area contributed by atoms with Crippen LogP contribution in [0.25, 0.3) is 0 Å². The van der Waals surface area contributed by atoms with Crippen LogP contribution in [-0.2, 0) is 10.2 Å². The smallest absolute Gasteiger partial charge is 0.308 e. The van der Waals surface area contributed by atoms with Crippen molar-refractivity contribution in [3.05, 3.63) is 35.4 Å². The minimum Gasteiger partial charge on any atom is -0.481 e. The van der Waals surface area contributed by atoms with Crippen LogP contribution in [0, 0.1) is 5.92 Å². The molecule has 2 saturated heterocycles. The highest BCUT2D eigenvalue weighted by Crippen LogP contribution is 2.46. The molecular weight excluding hydrogens is 274 g/mol. The molecule has 2 aliphatic rings. The molecule has 1 N–H and O–H groups in total. The van der Waals surface area contributed by atoms with Crippen LogP contribution < -0.4 is 0 Å². The first-order valence-electron chi connectivity index (χ1n) is 8.34. The number of hydrogen-bond acceptors (Lipinski definition) is 2. The van der Waals surface area contributed by atoms with Gasteiger partial charge in [0.1, 0.15) is 0 Å². The number of piperidine rings is 1. The molecule has 4 atom stereocenters. The molecule has 120 valence electrons. The van der Waals surface area contributed by atoms with Crippen LogP contribution in [0.2, 0.25) is 0 Å². The zero-order valence-electron chi connectivity index (χ0n) is 14.0. The third kappa shape index (κ3) is 2.56. The van der Waals surface area contributed by atoms with Gasteiger partial charge in [-0.2, -0.15) is 0 Å². The van der Waals surface area contributed by atoms with Gasteiger partial charge in [0, 0.05) is 18.0 Å². The van der Waals surface area contributed by atoms with Gasteiger partial charge in [0.15, 0.2) is 0 Å². The predicted molar refractivity (Wildman–Crippen MR) is 88.2 cm³/mol. The van der Waals surface area contributed by atoms with Gasteiger partial charge in [-0.1, -0.05) is 45.0 Å². The molecule has 1 aromatic rings. The molecule has 2 fully saturated rings. The molecule has 3 nitrogen and oxygen atoms in total. The highest BCUT2D eigenvalue weighted by Gasteiger charge is 2.49. The van der Waals surface area contributed by atoms with Crippen LogP contribution in [0.15, 0.2) is 24.3 Å². The van der Waals surface area contributed by atoms with Crippen LogP contribution in [0.1, 0.15) is 57.1 Å². The number of benzene rings is 1. The topological polar surface area (TPSA) is 40.5 Å². The van der Waals surface area contributed by atoms with Crippen molar-refractivity contribution in [1.82, 2.24) is 4.90 Å². The Morgan fingerprint density at radius 3 is 2.36 bits per heavy atom. The average molecular weight is 301 g/mol. The molecule has 0 radical (unpaired) electrons. The Morgan fingerprint density at radius 1 is 1.18 bits per heavy atom. The van der Waals surface area contributed by atoms with Crippen LogP contribution in [-0.4, -0.2) is 35.1 Å². The molecule has 0 amide bonds. The van der Waals surface area contributed by atoms with Crippen molar-refractivity contribution < 1.29 is 9.90 Å². The second-order valence-corrected chi connectivity index (χ2v) is 8.04. The number of carbonyl (C=O) groups is 1. The maximum atomic E-state index is 11.9. The van der Waals surface area contributed by atoms with Crippen molar-refractivity contribution in [2.24, 2.45) is 5.92 Å². The Kier molecular flexibility index (Phi) is 3.80. The fourth-order valence-corrected chi connectivity index (χ4v) is 4.38. The van der Waals surface area contributed by atoms with E-state index in [1.807, 2.05) is 0 Å². The quantitative estimate of drug-likeness (QED) is 0.906. The summed E-state index contributed by atoms with van der Waals surface area (Å²) in [6, 6.07) is 9.41. The zero-order chi connectivity index (χ0) is 16.1. The van der Waals surface area contributed by atoms with E-state index in [4.69, 9.17) is 0 Å². The maximum Gasteiger partial charge on any atom is 0.308 e. The molecule has 0 saturated carbocycles. The van der Waals surface area contributed by atoms with E-state index in [1.165, 1.54) is 11.1 Å². The summed E-state index contributed by atoms with van der Waals surface area (Å²) in [4.78, 5) is 14.2. The van der Waals surface area contributed by atoms with E-state index >= 15 is 0 Å². The average Bonchev–Trinajstić information content (AvgIpc) is 2.70. The highest BCUT2D eigenvalue weighted by molar-refractivity contribution is 5.73. The van der Waals surface area contributed by atoms with Crippen LogP contribution >= 0.6 is 0 Å². The second-order valence-electron chi connectivity index (χ2n) is 8.04. The summed E-state index contributed by atoms with van der Waals surface area (Å²) in [5.74, 6) is -0.758. The number of aliphatic carboxylic acids is 1. The number of fused-ring (bicyclic) bond motifs is 2. The summed E-state index contributed by atoms with van der Waals surface area (Å²) in [6.07, 6.45) is 3.13. The summed E-state index contributed by atoms with van der Waals surface area (Å²) < 4.78 is 0. The number of hydrogen-bond donors (Lipinski definition) is 1. The number of rotatable bonds is 2. The lowest BCUT2D eigenvalue weighted by Gasteiger charge is -2.41. The number of carboxylic acids is 1. The van der Waals surface area contributed by atoms with E-state index in [-0.39, 0.29) is 23.3 Å². The third-order valence-corrected chi connectivity index (χ3v) is 5.76. The van der Waals surface area contributed by atoms with E-state index in [2.05, 4.69) is 57.0 Å². The summed E-state index contributed by atoms with van der Waals surface area (Å²) in [6.45, 7) is 6.62. The monoisotopic (exact) mass is 301 g/mol. The maximum absolute atomic E-state index is 11.9. The van der Waals surface area contributed by atoms with Gasteiger partial charge >= 0.3 is 5.97 Å². The van der Waals surface area contributed by atoms with Crippen molar-refractivity contribution in [3.63, 3.8) is 0 Å². The zero-order valence-corrected chi connectivity index (χ0v) is 14.0. The number of nitrogens with zero attached hydrogens (tertiary/aromatic N) is 1. The fourth-order valence-electron chi connectivity index (χ4n) is 4.38. The third-order valence-electron chi connectivity index (χ3n) is 5.76. The molecule has 22 heavy (non-hydrogen) atoms. The van der Waals surface area contributed by atoms with E-state index < -0.39 is 5.97 Å². The molecule has 3 heteroatoms. The van der Waals surface area contributed by atoms with Gasteiger partial charge < -0.3 is 5.11 Å². The molecule has 1 aromatic carbocycles. The molecule has 0 spiro atoms. The van der Waals surface area contributed by atoms with E-state index in [0.29, 0.717) is 6.04 Å². The van der Waals surface area contributed by atoms with Gasteiger partial charge in [0.05, 0.1) is 5.92 Å².